The molecule has 0 saturated heterocycles. The van der Waals surface area contributed by atoms with E-state index in [0.717, 1.165) is 5.56 Å². The molecule has 0 aliphatic carbocycles. The van der Waals surface area contributed by atoms with E-state index < -0.39 is 0 Å². The average Bonchev–Trinajstić information content (AvgIpc) is 2.18. The Hall–Kier alpha value is -1.42. The molecule has 0 atom stereocenters. The molecule has 0 aromatic carbocycles. The summed E-state index contributed by atoms with van der Waals surface area (Å²) in [5.74, 6) is -0.0875. The predicted molar refractivity (Wildman–Crippen MR) is 47.7 cm³/mol. The number of aromatic nitrogens is 1. The molecule has 1 heterocycles. The molecular weight excluding hydrogens is 168 g/mol. The maximum absolute atomic E-state index is 11.3. The molecule has 0 fully saturated rings. The van der Waals surface area contributed by atoms with Crippen molar-refractivity contribution >= 4 is 5.91 Å². The monoisotopic (exact) mass is 180 g/mol. The molecule has 1 amide bonds. The first kappa shape index (κ1) is 9.67. The third kappa shape index (κ3) is 2.83. The predicted octanol–water partition coefficient (Wildman–Crippen LogP) is 0.644. The Labute approximate surface area is 77.1 Å². The van der Waals surface area contributed by atoms with Gasteiger partial charge in [-0.2, -0.15) is 0 Å². The summed E-state index contributed by atoms with van der Waals surface area (Å²) < 4.78 is 0. The molecule has 1 rings (SSSR count). The lowest BCUT2D eigenvalue weighted by atomic mass is 10.2. The number of amides is 1. The Morgan fingerprint density at radius 3 is 3.00 bits per heavy atom. The van der Waals surface area contributed by atoms with Crippen LogP contribution >= 0.6 is 0 Å². The molecule has 0 aliphatic heterocycles. The van der Waals surface area contributed by atoms with Crippen LogP contribution in [0.15, 0.2) is 24.5 Å². The molecule has 0 N–H and O–H groups in total. The first-order valence-electron chi connectivity index (χ1n) is 3.93. The van der Waals surface area contributed by atoms with Crippen LogP contribution in [0.1, 0.15) is 5.56 Å². The van der Waals surface area contributed by atoms with E-state index >= 15 is 0 Å². The van der Waals surface area contributed by atoms with Crippen molar-refractivity contribution in [2.75, 3.05) is 14.2 Å². The van der Waals surface area contributed by atoms with E-state index in [1.807, 2.05) is 6.07 Å². The normalized spacial score (nSPS) is 9.69. The first-order valence-corrected chi connectivity index (χ1v) is 3.93. The summed E-state index contributed by atoms with van der Waals surface area (Å²) in [7, 11) is 3.04. The molecule has 1 aromatic heterocycles. The fourth-order valence-corrected chi connectivity index (χ4v) is 0.890. The second-order valence-corrected chi connectivity index (χ2v) is 2.61. The zero-order chi connectivity index (χ0) is 9.68. The standard InChI is InChI=1S/C9H12N2O2/c1-11(13-2)9(12)6-8-4-3-5-10-7-8/h3-5,7H,6H2,1-2H3. The van der Waals surface area contributed by atoms with Crippen molar-refractivity contribution in [2.45, 2.75) is 6.42 Å². The highest BCUT2D eigenvalue weighted by Crippen LogP contribution is 1.99. The van der Waals surface area contributed by atoms with Gasteiger partial charge in [-0.3, -0.25) is 14.6 Å². The van der Waals surface area contributed by atoms with Crippen LogP contribution in [0.4, 0.5) is 0 Å². The Kier molecular flexibility index (Phi) is 3.40. The summed E-state index contributed by atoms with van der Waals surface area (Å²) in [4.78, 5) is 20.0. The van der Waals surface area contributed by atoms with E-state index in [0.29, 0.717) is 6.42 Å². The van der Waals surface area contributed by atoms with Crippen molar-refractivity contribution in [1.82, 2.24) is 10.0 Å². The summed E-state index contributed by atoms with van der Waals surface area (Å²) in [6.45, 7) is 0. The Morgan fingerprint density at radius 2 is 2.46 bits per heavy atom. The van der Waals surface area contributed by atoms with Gasteiger partial charge in [0.25, 0.3) is 0 Å². The van der Waals surface area contributed by atoms with Crippen molar-refractivity contribution in [1.29, 1.82) is 0 Å². The maximum Gasteiger partial charge on any atom is 0.250 e. The van der Waals surface area contributed by atoms with Gasteiger partial charge in [-0.25, -0.2) is 5.06 Å². The first-order chi connectivity index (χ1) is 6.24. The van der Waals surface area contributed by atoms with Gasteiger partial charge in [-0.1, -0.05) is 6.07 Å². The largest absolute Gasteiger partial charge is 0.275 e. The minimum absolute atomic E-state index is 0.0875. The number of hydrogen-bond donors (Lipinski definition) is 0. The minimum atomic E-state index is -0.0875. The summed E-state index contributed by atoms with van der Waals surface area (Å²) >= 11 is 0. The van der Waals surface area contributed by atoms with Gasteiger partial charge in [0.1, 0.15) is 0 Å². The highest BCUT2D eigenvalue weighted by Gasteiger charge is 2.07. The number of hydroxylamine groups is 2. The van der Waals surface area contributed by atoms with Gasteiger partial charge < -0.3 is 0 Å². The number of pyridine rings is 1. The van der Waals surface area contributed by atoms with Crippen LogP contribution in [-0.2, 0) is 16.1 Å². The van der Waals surface area contributed by atoms with Crippen molar-refractivity contribution in [2.24, 2.45) is 0 Å². The van der Waals surface area contributed by atoms with Crippen LogP contribution in [0.25, 0.3) is 0 Å². The number of rotatable bonds is 3. The molecule has 0 bridgehead atoms. The van der Waals surface area contributed by atoms with Crippen molar-refractivity contribution in [3.8, 4) is 0 Å². The molecule has 1 aromatic rings. The second-order valence-electron chi connectivity index (χ2n) is 2.61. The van der Waals surface area contributed by atoms with Crippen molar-refractivity contribution in [3.05, 3.63) is 30.1 Å². The second kappa shape index (κ2) is 4.57. The number of nitrogens with zero attached hydrogens (tertiary/aromatic N) is 2. The maximum atomic E-state index is 11.3. The number of carbonyl (C=O) groups is 1. The topological polar surface area (TPSA) is 42.4 Å². The molecule has 0 aliphatic rings. The van der Waals surface area contributed by atoms with E-state index in [2.05, 4.69) is 4.98 Å². The van der Waals surface area contributed by atoms with Crippen LogP contribution in [0.2, 0.25) is 0 Å². The Morgan fingerprint density at radius 1 is 1.69 bits per heavy atom. The van der Waals surface area contributed by atoms with Crippen LogP contribution in [0.5, 0.6) is 0 Å². The van der Waals surface area contributed by atoms with E-state index in [1.165, 1.54) is 12.2 Å². The summed E-state index contributed by atoms with van der Waals surface area (Å²) in [6, 6.07) is 3.66. The van der Waals surface area contributed by atoms with Gasteiger partial charge in [0.05, 0.1) is 13.5 Å². The quantitative estimate of drug-likeness (QED) is 0.641. The summed E-state index contributed by atoms with van der Waals surface area (Å²) in [5, 5.41) is 1.20. The summed E-state index contributed by atoms with van der Waals surface area (Å²) in [5.41, 5.74) is 0.886. The van der Waals surface area contributed by atoms with Gasteiger partial charge in [0.2, 0.25) is 5.91 Å². The zero-order valence-electron chi connectivity index (χ0n) is 7.73. The van der Waals surface area contributed by atoms with E-state index in [-0.39, 0.29) is 5.91 Å². The van der Waals surface area contributed by atoms with Gasteiger partial charge in [-0.05, 0) is 11.6 Å². The molecular formula is C9H12N2O2. The van der Waals surface area contributed by atoms with Gasteiger partial charge in [0.15, 0.2) is 0 Å². The van der Waals surface area contributed by atoms with Crippen LogP contribution in [0.3, 0.4) is 0 Å². The van der Waals surface area contributed by atoms with Crippen LogP contribution in [-0.4, -0.2) is 30.1 Å². The van der Waals surface area contributed by atoms with Crippen molar-refractivity contribution < 1.29 is 9.63 Å². The SMILES string of the molecule is CON(C)C(=O)Cc1cccnc1. The fraction of sp³-hybridized carbons (Fsp3) is 0.333. The van der Waals surface area contributed by atoms with Gasteiger partial charge in [0, 0.05) is 19.4 Å². The molecule has 0 radical (unpaired) electrons. The lowest BCUT2D eigenvalue weighted by molar-refractivity contribution is -0.167. The Bertz CT molecular complexity index is 274. The third-order valence-corrected chi connectivity index (χ3v) is 1.70. The Balaban J connectivity index is 2.55. The van der Waals surface area contributed by atoms with Crippen molar-refractivity contribution in [3.63, 3.8) is 0 Å². The van der Waals surface area contributed by atoms with E-state index in [1.54, 1.807) is 25.5 Å². The zero-order valence-corrected chi connectivity index (χ0v) is 7.73. The average molecular weight is 180 g/mol. The lowest BCUT2D eigenvalue weighted by Crippen LogP contribution is -2.26. The minimum Gasteiger partial charge on any atom is -0.275 e. The highest BCUT2D eigenvalue weighted by molar-refractivity contribution is 5.77. The van der Waals surface area contributed by atoms with Crippen LogP contribution in [0, 0.1) is 0 Å². The molecule has 4 nitrogen and oxygen atoms in total. The molecule has 0 spiro atoms. The van der Waals surface area contributed by atoms with E-state index in [4.69, 9.17) is 4.84 Å². The number of hydrogen-bond acceptors (Lipinski definition) is 3. The number of carbonyl (C=O) groups excluding carboxylic acids is 1. The molecule has 70 valence electrons. The molecule has 4 heteroatoms. The van der Waals surface area contributed by atoms with E-state index in [9.17, 15) is 4.79 Å². The van der Waals surface area contributed by atoms with Gasteiger partial charge >= 0.3 is 0 Å². The number of likely N-dealkylation sites (N-methyl/N-ethyl adjacent to an activating group) is 1. The molecule has 13 heavy (non-hydrogen) atoms. The van der Waals surface area contributed by atoms with Crippen LogP contribution < -0.4 is 0 Å². The summed E-state index contributed by atoms with van der Waals surface area (Å²) in [6.07, 6.45) is 3.66. The molecule has 0 unspecified atom stereocenters. The van der Waals surface area contributed by atoms with Gasteiger partial charge in [-0.15, -0.1) is 0 Å². The molecule has 0 saturated carbocycles. The lowest BCUT2D eigenvalue weighted by Gasteiger charge is -2.12. The third-order valence-electron chi connectivity index (χ3n) is 1.70. The highest BCUT2D eigenvalue weighted by atomic mass is 16.7. The smallest absolute Gasteiger partial charge is 0.250 e. The fourth-order valence-electron chi connectivity index (χ4n) is 0.890.